The summed E-state index contributed by atoms with van der Waals surface area (Å²) in [5.74, 6) is 1.19. The third kappa shape index (κ3) is 3.02. The van der Waals surface area contributed by atoms with Crippen LogP contribution in [-0.4, -0.2) is 45.9 Å². The van der Waals surface area contributed by atoms with Crippen LogP contribution >= 0.6 is 0 Å². The summed E-state index contributed by atoms with van der Waals surface area (Å²) in [5, 5.41) is 3.22. The van der Waals surface area contributed by atoms with Crippen LogP contribution in [0.15, 0.2) is 12.1 Å². The summed E-state index contributed by atoms with van der Waals surface area (Å²) in [6.07, 6.45) is 7.58. The number of carbonyl (C=O) groups excluding carboxylic acids is 1. The summed E-state index contributed by atoms with van der Waals surface area (Å²) >= 11 is 0. The van der Waals surface area contributed by atoms with E-state index in [1.807, 2.05) is 0 Å². The number of fused-ring (bicyclic) bond motifs is 1. The largest absolute Gasteiger partial charge is 0.354 e. The Morgan fingerprint density at radius 3 is 2.65 bits per heavy atom. The molecule has 1 saturated heterocycles. The molecule has 1 saturated carbocycles. The minimum absolute atomic E-state index is 0.236. The highest BCUT2D eigenvalue weighted by molar-refractivity contribution is 5.86. The van der Waals surface area contributed by atoms with E-state index in [1.165, 1.54) is 36.8 Å². The summed E-state index contributed by atoms with van der Waals surface area (Å²) in [7, 11) is 0. The van der Waals surface area contributed by atoms with Crippen LogP contribution in [0.5, 0.6) is 0 Å². The molecule has 5 heteroatoms. The number of carbonyl (C=O) groups is 1. The number of nitrogens with one attached hydrogen (secondary N) is 2. The van der Waals surface area contributed by atoms with E-state index in [-0.39, 0.29) is 11.4 Å². The zero-order valence-corrected chi connectivity index (χ0v) is 16.0. The SMILES string of the molecule is Cc1ccc2[nH]c(CCNC(=O)C3(N4CCCC4)CCCC3)nc2c1C. The van der Waals surface area contributed by atoms with E-state index < -0.39 is 0 Å². The van der Waals surface area contributed by atoms with E-state index in [0.717, 1.165) is 49.2 Å². The van der Waals surface area contributed by atoms with Gasteiger partial charge in [-0.05, 0) is 69.8 Å². The number of likely N-dealkylation sites (tertiary alicyclic amines) is 1. The standard InChI is InChI=1S/C21H30N4O/c1-15-7-8-17-19(16(15)2)24-18(23-17)9-12-22-20(26)21(10-3-4-11-21)25-13-5-6-14-25/h7-8H,3-6,9-14H2,1-2H3,(H,22,26)(H,23,24). The second-order valence-electron chi connectivity index (χ2n) is 8.03. The molecular formula is C21H30N4O. The summed E-state index contributed by atoms with van der Waals surface area (Å²) in [5.41, 5.74) is 4.39. The summed E-state index contributed by atoms with van der Waals surface area (Å²) in [6, 6.07) is 4.22. The third-order valence-electron chi connectivity index (χ3n) is 6.44. The molecule has 0 radical (unpaired) electrons. The number of H-pyrrole nitrogens is 1. The van der Waals surface area contributed by atoms with Crippen molar-refractivity contribution in [2.45, 2.75) is 64.3 Å². The van der Waals surface area contributed by atoms with Crippen molar-refractivity contribution in [2.24, 2.45) is 0 Å². The van der Waals surface area contributed by atoms with E-state index in [4.69, 9.17) is 4.98 Å². The van der Waals surface area contributed by atoms with Gasteiger partial charge in [0.2, 0.25) is 5.91 Å². The van der Waals surface area contributed by atoms with Gasteiger partial charge in [0.1, 0.15) is 11.4 Å². The monoisotopic (exact) mass is 354 g/mol. The highest BCUT2D eigenvalue weighted by atomic mass is 16.2. The molecule has 26 heavy (non-hydrogen) atoms. The van der Waals surface area contributed by atoms with Crippen molar-refractivity contribution in [3.63, 3.8) is 0 Å². The van der Waals surface area contributed by atoms with Gasteiger partial charge in [0.25, 0.3) is 0 Å². The van der Waals surface area contributed by atoms with Crippen LogP contribution in [0.25, 0.3) is 11.0 Å². The summed E-state index contributed by atoms with van der Waals surface area (Å²) in [4.78, 5) is 23.6. The predicted octanol–water partition coefficient (Wildman–Crippen LogP) is 3.25. The maximum atomic E-state index is 13.0. The Kier molecular flexibility index (Phi) is 4.74. The van der Waals surface area contributed by atoms with Gasteiger partial charge in [0.05, 0.1) is 11.0 Å². The molecular weight excluding hydrogens is 324 g/mol. The molecule has 2 heterocycles. The number of hydrogen-bond donors (Lipinski definition) is 2. The van der Waals surface area contributed by atoms with Gasteiger partial charge in [-0.15, -0.1) is 0 Å². The van der Waals surface area contributed by atoms with Gasteiger partial charge >= 0.3 is 0 Å². The number of nitrogens with zero attached hydrogens (tertiary/aromatic N) is 2. The number of aryl methyl sites for hydroxylation is 2. The number of imidazole rings is 1. The first kappa shape index (κ1) is 17.5. The second kappa shape index (κ2) is 7.03. The van der Waals surface area contributed by atoms with Crippen molar-refractivity contribution in [1.29, 1.82) is 0 Å². The fraction of sp³-hybridized carbons (Fsp3) is 0.619. The maximum absolute atomic E-state index is 13.0. The van der Waals surface area contributed by atoms with E-state index in [0.29, 0.717) is 6.54 Å². The Bertz CT molecular complexity index is 798. The number of aromatic amines is 1. The molecule has 2 N–H and O–H groups in total. The quantitative estimate of drug-likeness (QED) is 0.866. The van der Waals surface area contributed by atoms with Crippen molar-refractivity contribution in [3.8, 4) is 0 Å². The van der Waals surface area contributed by atoms with Gasteiger partial charge < -0.3 is 10.3 Å². The average Bonchev–Trinajstić information content (AvgIpc) is 3.38. The lowest BCUT2D eigenvalue weighted by atomic mass is 9.94. The molecule has 2 aliphatic rings. The van der Waals surface area contributed by atoms with Crippen molar-refractivity contribution in [3.05, 3.63) is 29.1 Å². The van der Waals surface area contributed by atoms with Crippen LogP contribution < -0.4 is 5.32 Å². The molecule has 140 valence electrons. The van der Waals surface area contributed by atoms with Gasteiger partial charge in [-0.25, -0.2) is 4.98 Å². The number of amides is 1. The molecule has 1 amide bonds. The van der Waals surface area contributed by atoms with Gasteiger partial charge in [0.15, 0.2) is 0 Å². The normalized spacial score (nSPS) is 20.1. The van der Waals surface area contributed by atoms with E-state index in [1.54, 1.807) is 0 Å². The first-order valence-corrected chi connectivity index (χ1v) is 10.1. The van der Waals surface area contributed by atoms with Crippen molar-refractivity contribution in [1.82, 2.24) is 20.2 Å². The van der Waals surface area contributed by atoms with Crippen LogP contribution in [0.2, 0.25) is 0 Å². The Morgan fingerprint density at radius 2 is 1.92 bits per heavy atom. The fourth-order valence-electron chi connectivity index (χ4n) is 4.73. The molecule has 1 aromatic heterocycles. The lowest BCUT2D eigenvalue weighted by Crippen LogP contribution is -2.56. The van der Waals surface area contributed by atoms with E-state index in [2.05, 4.69) is 41.2 Å². The zero-order valence-electron chi connectivity index (χ0n) is 16.0. The molecule has 0 bridgehead atoms. The van der Waals surface area contributed by atoms with Gasteiger partial charge in [0, 0.05) is 13.0 Å². The third-order valence-corrected chi connectivity index (χ3v) is 6.44. The Hall–Kier alpha value is -1.88. The van der Waals surface area contributed by atoms with Gasteiger partial charge in [-0.3, -0.25) is 9.69 Å². The summed E-state index contributed by atoms with van der Waals surface area (Å²) in [6.45, 7) is 7.03. The zero-order chi connectivity index (χ0) is 18.1. The van der Waals surface area contributed by atoms with Crippen molar-refractivity contribution < 1.29 is 4.79 Å². The van der Waals surface area contributed by atoms with Crippen LogP contribution in [0.3, 0.4) is 0 Å². The Morgan fingerprint density at radius 1 is 1.19 bits per heavy atom. The Labute approximate surface area is 155 Å². The van der Waals surface area contributed by atoms with Crippen LogP contribution in [0, 0.1) is 13.8 Å². The van der Waals surface area contributed by atoms with Crippen LogP contribution in [0.1, 0.15) is 55.5 Å². The molecule has 1 aliphatic heterocycles. The van der Waals surface area contributed by atoms with E-state index >= 15 is 0 Å². The van der Waals surface area contributed by atoms with Crippen molar-refractivity contribution in [2.75, 3.05) is 19.6 Å². The molecule has 5 nitrogen and oxygen atoms in total. The van der Waals surface area contributed by atoms with Crippen molar-refractivity contribution >= 4 is 16.9 Å². The second-order valence-corrected chi connectivity index (χ2v) is 8.03. The highest BCUT2D eigenvalue weighted by Crippen LogP contribution is 2.37. The van der Waals surface area contributed by atoms with Crippen LogP contribution in [0.4, 0.5) is 0 Å². The Balaban J connectivity index is 1.41. The minimum atomic E-state index is -0.238. The van der Waals surface area contributed by atoms with Gasteiger partial charge in [-0.2, -0.15) is 0 Å². The smallest absolute Gasteiger partial charge is 0.240 e. The number of aromatic nitrogens is 2. The number of benzene rings is 1. The fourth-order valence-corrected chi connectivity index (χ4v) is 4.73. The molecule has 2 fully saturated rings. The highest BCUT2D eigenvalue weighted by Gasteiger charge is 2.46. The molecule has 0 spiro atoms. The predicted molar refractivity (Wildman–Crippen MR) is 104 cm³/mol. The lowest BCUT2D eigenvalue weighted by Gasteiger charge is -2.37. The first-order chi connectivity index (χ1) is 12.6. The molecule has 2 aromatic rings. The number of rotatable bonds is 5. The van der Waals surface area contributed by atoms with E-state index in [9.17, 15) is 4.79 Å². The lowest BCUT2D eigenvalue weighted by molar-refractivity contribution is -0.132. The molecule has 4 rings (SSSR count). The first-order valence-electron chi connectivity index (χ1n) is 10.1. The van der Waals surface area contributed by atoms with Crippen LogP contribution in [-0.2, 0) is 11.2 Å². The molecule has 0 atom stereocenters. The summed E-state index contributed by atoms with van der Waals surface area (Å²) < 4.78 is 0. The van der Waals surface area contributed by atoms with Gasteiger partial charge in [-0.1, -0.05) is 18.9 Å². The molecule has 0 unspecified atom stereocenters. The molecule has 1 aromatic carbocycles. The topological polar surface area (TPSA) is 61.0 Å². The number of hydrogen-bond acceptors (Lipinski definition) is 3. The minimum Gasteiger partial charge on any atom is -0.354 e. The average molecular weight is 354 g/mol. The maximum Gasteiger partial charge on any atom is 0.240 e. The molecule has 1 aliphatic carbocycles.